The summed E-state index contributed by atoms with van der Waals surface area (Å²) in [6, 6.07) is 14.0. The molecule has 3 rings (SSSR count). The van der Waals surface area contributed by atoms with Gasteiger partial charge in [-0.1, -0.05) is 36.4 Å². The van der Waals surface area contributed by atoms with E-state index in [9.17, 15) is 9.59 Å². The van der Waals surface area contributed by atoms with Gasteiger partial charge in [-0.2, -0.15) is 0 Å². The maximum absolute atomic E-state index is 13.0. The summed E-state index contributed by atoms with van der Waals surface area (Å²) < 4.78 is 0. The van der Waals surface area contributed by atoms with Crippen LogP contribution in [0.5, 0.6) is 0 Å². The number of urea groups is 1. The van der Waals surface area contributed by atoms with E-state index >= 15 is 0 Å². The zero-order chi connectivity index (χ0) is 18.5. The first-order valence-electron chi connectivity index (χ1n) is 9.46. The second-order valence-corrected chi connectivity index (χ2v) is 6.71. The Morgan fingerprint density at radius 3 is 2.38 bits per heavy atom. The molecule has 0 radical (unpaired) electrons. The highest BCUT2D eigenvalue weighted by Crippen LogP contribution is 2.22. The fraction of sp³-hybridized carbons (Fsp3) is 0.429. The Morgan fingerprint density at radius 2 is 1.69 bits per heavy atom. The number of amides is 3. The van der Waals surface area contributed by atoms with Gasteiger partial charge in [0, 0.05) is 37.8 Å². The van der Waals surface area contributed by atoms with Crippen LogP contribution >= 0.6 is 0 Å². The largest absolute Gasteiger partial charge is 0.338 e. The smallest absolute Gasteiger partial charge is 0.317 e. The fourth-order valence-electron chi connectivity index (χ4n) is 3.59. The number of carbonyl (C=O) groups excluding carboxylic acids is 2. The summed E-state index contributed by atoms with van der Waals surface area (Å²) in [5.74, 6) is 0.0790. The fourth-order valence-corrected chi connectivity index (χ4v) is 3.59. The molecule has 138 valence electrons. The zero-order valence-corrected chi connectivity index (χ0v) is 15.6. The van der Waals surface area contributed by atoms with Gasteiger partial charge < -0.3 is 15.1 Å². The molecule has 1 heterocycles. The second kappa shape index (κ2) is 8.21. The molecule has 3 amide bonds. The predicted molar refractivity (Wildman–Crippen MR) is 104 cm³/mol. The molecule has 2 aromatic rings. The van der Waals surface area contributed by atoms with Crippen molar-refractivity contribution in [1.82, 2.24) is 15.1 Å². The van der Waals surface area contributed by atoms with E-state index in [0.29, 0.717) is 26.2 Å². The lowest BCUT2D eigenvalue weighted by Crippen LogP contribution is -2.50. The molecule has 1 aliphatic heterocycles. The number of hydrogen-bond acceptors (Lipinski definition) is 2. The second-order valence-electron chi connectivity index (χ2n) is 6.71. The first kappa shape index (κ1) is 18.2. The van der Waals surface area contributed by atoms with Gasteiger partial charge in [0.1, 0.15) is 0 Å². The molecule has 1 saturated heterocycles. The molecule has 26 heavy (non-hydrogen) atoms. The van der Waals surface area contributed by atoms with Crippen LogP contribution in [-0.2, 0) is 0 Å². The molecule has 2 aromatic carbocycles. The Labute approximate surface area is 155 Å². The number of fused-ring (bicyclic) bond motifs is 1. The van der Waals surface area contributed by atoms with Crippen LogP contribution in [0, 0.1) is 0 Å². The molecule has 1 N–H and O–H groups in total. The third-order valence-electron chi connectivity index (χ3n) is 5.18. The van der Waals surface area contributed by atoms with Crippen LogP contribution in [0.1, 0.15) is 37.0 Å². The van der Waals surface area contributed by atoms with Gasteiger partial charge in [-0.05, 0) is 43.5 Å². The zero-order valence-electron chi connectivity index (χ0n) is 15.6. The van der Waals surface area contributed by atoms with E-state index in [1.54, 1.807) is 4.90 Å². The molecule has 5 heteroatoms. The van der Waals surface area contributed by atoms with Crippen molar-refractivity contribution >= 4 is 22.7 Å². The minimum absolute atomic E-state index is 0.00571. The minimum atomic E-state index is -0.00571. The van der Waals surface area contributed by atoms with Gasteiger partial charge in [-0.25, -0.2) is 4.79 Å². The monoisotopic (exact) mass is 353 g/mol. The number of carbonyl (C=O) groups is 2. The van der Waals surface area contributed by atoms with Gasteiger partial charge >= 0.3 is 6.03 Å². The molecule has 0 bridgehead atoms. The lowest BCUT2D eigenvalue weighted by Gasteiger charge is -2.33. The SMILES string of the molecule is CCN(CC)C(=O)NC1CCN(C(=O)c2cccc3ccccc23)CC1. The van der Waals surface area contributed by atoms with Crippen LogP contribution in [-0.4, -0.2) is 54.0 Å². The Bertz CT molecular complexity index is 772. The first-order chi connectivity index (χ1) is 12.6. The average Bonchev–Trinajstić information content (AvgIpc) is 2.68. The molecular weight excluding hydrogens is 326 g/mol. The average molecular weight is 353 g/mol. The van der Waals surface area contributed by atoms with E-state index in [1.165, 1.54) is 0 Å². The molecule has 1 fully saturated rings. The van der Waals surface area contributed by atoms with Crippen molar-refractivity contribution in [1.29, 1.82) is 0 Å². The van der Waals surface area contributed by atoms with Gasteiger partial charge in [0.2, 0.25) is 0 Å². The van der Waals surface area contributed by atoms with Gasteiger partial charge in [0.25, 0.3) is 5.91 Å². The number of hydrogen-bond donors (Lipinski definition) is 1. The van der Waals surface area contributed by atoms with Crippen molar-refractivity contribution < 1.29 is 9.59 Å². The van der Waals surface area contributed by atoms with Gasteiger partial charge in [0.15, 0.2) is 0 Å². The molecule has 0 spiro atoms. The lowest BCUT2D eigenvalue weighted by atomic mass is 10.0. The van der Waals surface area contributed by atoms with Crippen LogP contribution in [0.15, 0.2) is 42.5 Å². The number of nitrogens with one attached hydrogen (secondary N) is 1. The normalized spacial score (nSPS) is 15.1. The van der Waals surface area contributed by atoms with Crippen molar-refractivity contribution in [3.63, 3.8) is 0 Å². The van der Waals surface area contributed by atoms with Crippen LogP contribution in [0.2, 0.25) is 0 Å². The third kappa shape index (κ3) is 3.82. The summed E-state index contributed by atoms with van der Waals surface area (Å²) in [6.07, 6.45) is 1.59. The minimum Gasteiger partial charge on any atom is -0.338 e. The first-order valence-corrected chi connectivity index (χ1v) is 9.46. The molecule has 1 aliphatic rings. The van der Waals surface area contributed by atoms with Crippen molar-refractivity contribution in [3.05, 3.63) is 48.0 Å². The number of likely N-dealkylation sites (tertiary alicyclic amines) is 1. The van der Waals surface area contributed by atoms with Crippen LogP contribution < -0.4 is 5.32 Å². The highest BCUT2D eigenvalue weighted by molar-refractivity contribution is 6.07. The third-order valence-corrected chi connectivity index (χ3v) is 5.18. The summed E-state index contributed by atoms with van der Waals surface area (Å²) in [5.41, 5.74) is 0.758. The van der Waals surface area contributed by atoms with Gasteiger partial charge in [0.05, 0.1) is 0 Å². The van der Waals surface area contributed by atoms with Gasteiger partial charge in [-0.15, -0.1) is 0 Å². The van der Waals surface area contributed by atoms with Crippen LogP contribution in [0.25, 0.3) is 10.8 Å². The van der Waals surface area contributed by atoms with E-state index in [-0.39, 0.29) is 18.0 Å². The number of nitrogens with zero attached hydrogens (tertiary/aromatic N) is 2. The molecule has 0 atom stereocenters. The van der Waals surface area contributed by atoms with Crippen molar-refractivity contribution in [2.75, 3.05) is 26.2 Å². The maximum atomic E-state index is 13.0. The highest BCUT2D eigenvalue weighted by Gasteiger charge is 2.26. The van der Waals surface area contributed by atoms with E-state index < -0.39 is 0 Å². The Kier molecular flexibility index (Phi) is 5.76. The summed E-state index contributed by atoms with van der Waals surface area (Å²) in [4.78, 5) is 28.9. The Morgan fingerprint density at radius 1 is 1.04 bits per heavy atom. The molecule has 0 unspecified atom stereocenters. The van der Waals surface area contributed by atoms with Gasteiger partial charge in [-0.3, -0.25) is 4.79 Å². The Balaban J connectivity index is 1.63. The maximum Gasteiger partial charge on any atom is 0.317 e. The van der Waals surface area contributed by atoms with E-state index in [4.69, 9.17) is 0 Å². The highest BCUT2D eigenvalue weighted by atomic mass is 16.2. The van der Waals surface area contributed by atoms with E-state index in [1.807, 2.05) is 61.2 Å². The molecule has 5 nitrogen and oxygen atoms in total. The summed E-state index contributed by atoms with van der Waals surface area (Å²) in [7, 11) is 0. The summed E-state index contributed by atoms with van der Waals surface area (Å²) in [5, 5.41) is 5.18. The quantitative estimate of drug-likeness (QED) is 0.915. The summed E-state index contributed by atoms with van der Waals surface area (Å²) >= 11 is 0. The Hall–Kier alpha value is -2.56. The van der Waals surface area contributed by atoms with Crippen molar-refractivity contribution in [2.45, 2.75) is 32.7 Å². The lowest BCUT2D eigenvalue weighted by molar-refractivity contribution is 0.0708. The number of piperidine rings is 1. The molecular formula is C21H27N3O2. The van der Waals surface area contributed by atoms with Crippen LogP contribution in [0.4, 0.5) is 4.79 Å². The number of rotatable bonds is 4. The van der Waals surface area contributed by atoms with Crippen molar-refractivity contribution in [3.8, 4) is 0 Å². The summed E-state index contributed by atoms with van der Waals surface area (Å²) in [6.45, 7) is 6.72. The molecule has 0 aliphatic carbocycles. The molecule has 0 aromatic heterocycles. The van der Waals surface area contributed by atoms with Crippen molar-refractivity contribution in [2.24, 2.45) is 0 Å². The predicted octanol–water partition coefficient (Wildman–Crippen LogP) is 3.50. The van der Waals surface area contributed by atoms with E-state index in [2.05, 4.69) is 5.32 Å². The topological polar surface area (TPSA) is 52.7 Å². The van der Waals surface area contributed by atoms with E-state index in [0.717, 1.165) is 29.2 Å². The molecule has 0 saturated carbocycles. The number of benzene rings is 2. The van der Waals surface area contributed by atoms with Crippen LogP contribution in [0.3, 0.4) is 0 Å². The standard InChI is InChI=1S/C21H27N3O2/c1-3-23(4-2)21(26)22-17-12-14-24(15-13-17)20(25)19-11-7-9-16-8-5-6-10-18(16)19/h5-11,17H,3-4,12-15H2,1-2H3,(H,22,26).